The van der Waals surface area contributed by atoms with Crippen LogP contribution in [0.1, 0.15) is 77.5 Å². The van der Waals surface area contributed by atoms with E-state index in [0.717, 1.165) is 126 Å². The summed E-state index contributed by atoms with van der Waals surface area (Å²) in [6.07, 6.45) is 0. The van der Waals surface area contributed by atoms with Gasteiger partial charge in [0.1, 0.15) is 38.1 Å². The Morgan fingerprint density at radius 2 is 0.548 bits per heavy atom. The Labute approximate surface area is 614 Å². The van der Waals surface area contributed by atoms with E-state index in [-0.39, 0.29) is 0 Å². The van der Waals surface area contributed by atoms with Gasteiger partial charge in [0.25, 0.3) is 0 Å². The van der Waals surface area contributed by atoms with Crippen molar-refractivity contribution in [2.45, 2.75) is 96.9 Å². The number of hydrogen-bond acceptors (Lipinski definition) is 20. The Hall–Kier alpha value is -11.4. The average Bonchev–Trinajstić information content (AvgIpc) is 1.64. The third-order valence-electron chi connectivity index (χ3n) is 16.5. The van der Waals surface area contributed by atoms with Crippen LogP contribution in [0.4, 0.5) is 0 Å². The van der Waals surface area contributed by atoms with E-state index in [0.29, 0.717) is 29.1 Å². The van der Waals surface area contributed by atoms with Gasteiger partial charge < -0.3 is 26.5 Å². The molecular weight excluding hydrogens is 1370 g/mol. The van der Waals surface area contributed by atoms with Crippen LogP contribution in [0.5, 0.6) is 0 Å². The molecule has 20 rings (SSSR count). The van der Waals surface area contributed by atoms with Gasteiger partial charge in [-0.2, -0.15) is 0 Å². The minimum atomic E-state index is 0.615. The van der Waals surface area contributed by atoms with E-state index < -0.39 is 0 Å². The van der Waals surface area contributed by atoms with Crippen molar-refractivity contribution < 1.29 is 26.5 Å². The topological polar surface area (TPSA) is 208 Å². The minimum Gasteiger partial charge on any atom is -0.441 e. The van der Waals surface area contributed by atoms with Crippen LogP contribution in [0.2, 0.25) is 0 Å². The van der Waals surface area contributed by atoms with Crippen molar-refractivity contribution in [3.63, 3.8) is 0 Å². The predicted octanol–water partition coefficient (Wildman–Crippen LogP) is 24.4. The molecule has 10 heterocycles. The Morgan fingerprint density at radius 1 is 0.202 bits per heavy atom. The van der Waals surface area contributed by atoms with Gasteiger partial charge in [-0.1, -0.05) is 89.5 Å². The summed E-state index contributed by atoms with van der Waals surface area (Å²) in [6.45, 7) is 28.0. The van der Waals surface area contributed by atoms with Crippen molar-refractivity contribution in [1.29, 1.82) is 0 Å². The second-order valence-corrected chi connectivity index (χ2v) is 30.3. The zero-order valence-electron chi connectivity index (χ0n) is 59.9. The maximum atomic E-state index is 5.82. The Kier molecular flexibility index (Phi) is 20.0. The van der Waals surface area contributed by atoms with Crippen LogP contribution in [0, 0.1) is 96.9 Å². The zero-order chi connectivity index (χ0) is 72.4. The van der Waals surface area contributed by atoms with E-state index in [9.17, 15) is 0 Å². The van der Waals surface area contributed by atoms with E-state index in [1.54, 1.807) is 45.3 Å². The highest BCUT2D eigenvalue weighted by Crippen LogP contribution is 2.36. The number of aromatic nitrogens is 10. The molecule has 0 spiro atoms. The standard InChI is InChI=1S/2C16H12N2O2.C16H12N2S2.2C9H9NO.2C9H9NS/c1-9-3-5-11(6-4-9)16-18-13-8-14-12(7-15(13)20-16)17-10(2)19-14;1-9-3-5-11(6-4-9)16-18-13-7-12-14(8-15(13)20-16)19-10(2)17-12;1-9-3-5-11(6-4-9)16-18-13-8-14-12(7-15(13)20-16)17-10(2)19-14;1-6-3-4-9-8(5-6)10-7(2)11-9;1-6-3-4-8-9(5-6)11-7(2)10-8;1-6-3-4-9-8(5-6)10-7(2)11-9;1-6-3-4-8-9(5-6)11-7(2)10-8/h3*3-8H,1-2H3;4*3-5H,1-2H3. The molecule has 0 aliphatic heterocycles. The summed E-state index contributed by atoms with van der Waals surface area (Å²) in [5.74, 6) is 3.97. The van der Waals surface area contributed by atoms with E-state index in [1.807, 2.05) is 172 Å². The van der Waals surface area contributed by atoms with Crippen LogP contribution in [0.25, 0.3) is 141 Å². The fourth-order valence-corrected chi connectivity index (χ4v) is 15.0. The first-order valence-electron chi connectivity index (χ1n) is 33.7. The van der Waals surface area contributed by atoms with E-state index in [2.05, 4.69) is 152 Å². The van der Waals surface area contributed by atoms with E-state index in [4.69, 9.17) is 31.5 Å². The molecule has 0 N–H and O–H groups in total. The predicted molar refractivity (Wildman–Crippen MR) is 426 cm³/mol. The number of fused-ring (bicyclic) bond motifs is 10. The summed E-state index contributed by atoms with van der Waals surface area (Å²) in [7, 11) is 0. The molecule has 104 heavy (non-hydrogen) atoms. The molecule has 0 aliphatic carbocycles. The van der Waals surface area contributed by atoms with Gasteiger partial charge in [0.2, 0.25) is 11.8 Å². The summed E-state index contributed by atoms with van der Waals surface area (Å²) in [6, 6.07) is 61.2. The smallest absolute Gasteiger partial charge is 0.227 e. The maximum Gasteiger partial charge on any atom is 0.227 e. The van der Waals surface area contributed by atoms with Crippen LogP contribution < -0.4 is 0 Å². The lowest BCUT2D eigenvalue weighted by Crippen LogP contribution is -1.77. The Bertz CT molecular complexity index is 5610. The minimum absolute atomic E-state index is 0.615. The van der Waals surface area contributed by atoms with Gasteiger partial charge in [-0.05, 0) is 182 Å². The zero-order valence-corrected chi connectivity index (χ0v) is 63.1. The molecule has 0 amide bonds. The molecule has 0 saturated heterocycles. The molecule has 20 aromatic rings. The SMILES string of the molecule is Cc1ccc(-c2nc3cc4nc(C)oc4cc3o2)cc1.Cc1ccc(-c2nc3cc4oc(C)nc4cc3o2)cc1.Cc1ccc(-c2nc3cc4sc(C)nc4cc3s2)cc1.Cc1ccc2nc(C)oc2c1.Cc1ccc2nc(C)sc2c1.Cc1ccc2oc(C)nc2c1.Cc1ccc2sc(C)nc2c1. The van der Waals surface area contributed by atoms with Crippen LogP contribution in [-0.2, 0) is 0 Å². The quantitative estimate of drug-likeness (QED) is 0.161. The lowest BCUT2D eigenvalue weighted by molar-refractivity contribution is 0.559. The summed E-state index contributed by atoms with van der Waals surface area (Å²) < 4.78 is 38.3. The summed E-state index contributed by atoms with van der Waals surface area (Å²) in [4.78, 5) is 44.1. The van der Waals surface area contributed by atoms with Crippen LogP contribution in [0.3, 0.4) is 0 Å². The lowest BCUT2D eigenvalue weighted by atomic mass is 10.1. The molecule has 0 bridgehead atoms. The molecule has 0 unspecified atom stereocenters. The van der Waals surface area contributed by atoms with Gasteiger partial charge in [0, 0.05) is 62.6 Å². The van der Waals surface area contributed by atoms with Crippen LogP contribution in [0.15, 0.2) is 208 Å². The number of oxazole rings is 6. The fourth-order valence-electron chi connectivity index (χ4n) is 11.5. The molecule has 0 saturated carbocycles. The van der Waals surface area contributed by atoms with Gasteiger partial charge in [-0.25, -0.2) is 49.8 Å². The highest BCUT2D eigenvalue weighted by Gasteiger charge is 2.16. The Morgan fingerprint density at radius 3 is 1.12 bits per heavy atom. The van der Waals surface area contributed by atoms with E-state index >= 15 is 0 Å². The number of aryl methyl sites for hydroxylation is 14. The third-order valence-corrected chi connectivity index (χ3v) is 20.4. The average molecular weight is 1450 g/mol. The second-order valence-electron chi connectivity index (χ2n) is 25.5. The normalized spacial score (nSPS) is 11.2. The van der Waals surface area contributed by atoms with Crippen molar-refractivity contribution in [3.05, 3.63) is 260 Å². The largest absolute Gasteiger partial charge is 0.441 e. The van der Waals surface area contributed by atoms with Crippen molar-refractivity contribution in [1.82, 2.24) is 49.8 Å². The monoisotopic (exact) mass is 1440 g/mol. The van der Waals surface area contributed by atoms with Crippen molar-refractivity contribution >= 4 is 153 Å². The highest BCUT2D eigenvalue weighted by atomic mass is 32.1. The molecule has 0 aliphatic rings. The Balaban J connectivity index is 0.000000104. The van der Waals surface area contributed by atoms with Gasteiger partial charge >= 0.3 is 0 Å². The summed E-state index contributed by atoms with van der Waals surface area (Å²) in [5, 5.41) is 4.47. The van der Waals surface area contributed by atoms with E-state index in [1.165, 1.54) is 63.3 Å². The molecular formula is C84H72N10O6S4. The van der Waals surface area contributed by atoms with Gasteiger partial charge in [0.15, 0.2) is 57.1 Å². The van der Waals surface area contributed by atoms with Gasteiger partial charge in [0.05, 0.1) is 55.9 Å². The molecule has 20 heteroatoms. The first-order valence-corrected chi connectivity index (χ1v) is 37.0. The van der Waals surface area contributed by atoms with Crippen LogP contribution >= 0.6 is 45.3 Å². The molecule has 16 nitrogen and oxygen atoms in total. The number of thiazole rings is 4. The molecule has 0 atom stereocenters. The third kappa shape index (κ3) is 16.4. The number of nitrogens with zero attached hydrogens (tertiary/aromatic N) is 10. The van der Waals surface area contributed by atoms with Crippen molar-refractivity contribution in [2.75, 3.05) is 0 Å². The number of rotatable bonds is 3. The molecule has 10 aromatic heterocycles. The first-order chi connectivity index (χ1) is 50.1. The second kappa shape index (κ2) is 29.9. The number of benzene rings is 10. The maximum absolute atomic E-state index is 5.82. The molecule has 518 valence electrons. The summed E-state index contributed by atoms with van der Waals surface area (Å²) >= 11 is 6.97. The van der Waals surface area contributed by atoms with Crippen LogP contribution in [-0.4, -0.2) is 49.8 Å². The fraction of sp³-hybridized carbons (Fsp3) is 0.167. The number of hydrogen-bond donors (Lipinski definition) is 0. The van der Waals surface area contributed by atoms with Crippen molar-refractivity contribution in [2.24, 2.45) is 0 Å². The van der Waals surface area contributed by atoms with Gasteiger partial charge in [-0.3, -0.25) is 0 Å². The highest BCUT2D eigenvalue weighted by molar-refractivity contribution is 7.22. The van der Waals surface area contributed by atoms with Gasteiger partial charge in [-0.15, -0.1) is 45.3 Å². The molecule has 0 radical (unpaired) electrons. The van der Waals surface area contributed by atoms with Crippen molar-refractivity contribution in [3.8, 4) is 33.5 Å². The molecule has 10 aromatic carbocycles. The summed E-state index contributed by atoms with van der Waals surface area (Å²) in [5.41, 5.74) is 25.9. The molecule has 0 fully saturated rings. The lowest BCUT2D eigenvalue weighted by Gasteiger charge is -1.95. The first kappa shape index (κ1) is 69.7.